The van der Waals surface area contributed by atoms with Crippen LogP contribution in [-0.2, 0) is 6.54 Å². The van der Waals surface area contributed by atoms with E-state index in [4.69, 9.17) is 0 Å². The number of aromatic nitrogens is 3. The van der Waals surface area contributed by atoms with Crippen LogP contribution in [0.3, 0.4) is 0 Å². The fourth-order valence-corrected chi connectivity index (χ4v) is 1.44. The highest BCUT2D eigenvalue weighted by atomic mass is 16.1. The summed E-state index contributed by atoms with van der Waals surface area (Å²) < 4.78 is 0. The van der Waals surface area contributed by atoms with Gasteiger partial charge in [-0.05, 0) is 12.1 Å². The molecule has 0 radical (unpaired) electrons. The fraction of sp³-hybridized carbons (Fsp3) is 0.182. The van der Waals surface area contributed by atoms with Crippen molar-refractivity contribution in [2.24, 2.45) is 0 Å². The van der Waals surface area contributed by atoms with E-state index in [0.29, 0.717) is 17.9 Å². The third-order valence-electron chi connectivity index (χ3n) is 2.30. The molecule has 1 amide bonds. The summed E-state index contributed by atoms with van der Waals surface area (Å²) in [5.41, 5.74) is 1.45. The van der Waals surface area contributed by atoms with E-state index >= 15 is 0 Å². The zero-order chi connectivity index (χ0) is 12.1. The first-order valence-corrected chi connectivity index (χ1v) is 5.20. The number of aromatic amines is 1. The average molecular weight is 231 g/mol. The second-order valence-corrected chi connectivity index (χ2v) is 3.44. The number of carbonyl (C=O) groups is 1. The van der Waals surface area contributed by atoms with Gasteiger partial charge in [-0.2, -0.15) is 5.10 Å². The smallest absolute Gasteiger partial charge is 0.255 e. The monoisotopic (exact) mass is 231 g/mol. The van der Waals surface area contributed by atoms with E-state index in [1.165, 1.54) is 0 Å². The standard InChI is InChI=1S/C11H13N5O/c1-12-10-9(3-2-4-13-10)11(17)14-5-8-6-15-16-7-8/h2-4,6-7H,5H2,1H3,(H,12,13)(H,14,17)(H,15,16). The van der Waals surface area contributed by atoms with E-state index in [1.807, 2.05) is 0 Å². The number of nitrogens with one attached hydrogen (secondary N) is 3. The summed E-state index contributed by atoms with van der Waals surface area (Å²) >= 11 is 0. The largest absolute Gasteiger partial charge is 0.372 e. The summed E-state index contributed by atoms with van der Waals surface area (Å²) in [7, 11) is 1.73. The van der Waals surface area contributed by atoms with Gasteiger partial charge >= 0.3 is 0 Å². The van der Waals surface area contributed by atoms with E-state index in [0.717, 1.165) is 5.56 Å². The van der Waals surface area contributed by atoms with E-state index in [2.05, 4.69) is 25.8 Å². The minimum Gasteiger partial charge on any atom is -0.372 e. The molecule has 2 aromatic rings. The third-order valence-corrected chi connectivity index (χ3v) is 2.30. The number of H-pyrrole nitrogens is 1. The highest BCUT2D eigenvalue weighted by Gasteiger charge is 2.10. The normalized spacial score (nSPS) is 9.94. The Hall–Kier alpha value is -2.37. The Kier molecular flexibility index (Phi) is 3.34. The molecule has 0 aromatic carbocycles. The average Bonchev–Trinajstić information content (AvgIpc) is 2.89. The number of nitrogens with zero attached hydrogens (tertiary/aromatic N) is 2. The third kappa shape index (κ3) is 2.60. The van der Waals surface area contributed by atoms with Crippen LogP contribution in [0.5, 0.6) is 0 Å². The Morgan fingerprint density at radius 2 is 2.41 bits per heavy atom. The summed E-state index contributed by atoms with van der Waals surface area (Å²) in [5.74, 6) is 0.404. The summed E-state index contributed by atoms with van der Waals surface area (Å²) in [4.78, 5) is 16.0. The Bertz CT molecular complexity index is 494. The Morgan fingerprint density at radius 3 is 3.12 bits per heavy atom. The van der Waals surface area contributed by atoms with Crippen LogP contribution in [0.2, 0.25) is 0 Å². The first-order chi connectivity index (χ1) is 8.31. The van der Waals surface area contributed by atoms with Crippen molar-refractivity contribution in [1.82, 2.24) is 20.5 Å². The molecule has 0 saturated heterocycles. The molecule has 88 valence electrons. The second kappa shape index (κ2) is 5.11. The molecule has 6 heteroatoms. The van der Waals surface area contributed by atoms with Crippen LogP contribution in [0.1, 0.15) is 15.9 Å². The molecule has 2 heterocycles. The molecule has 0 saturated carbocycles. The molecule has 0 fully saturated rings. The van der Waals surface area contributed by atoms with Gasteiger partial charge in [0.25, 0.3) is 5.91 Å². The van der Waals surface area contributed by atoms with E-state index < -0.39 is 0 Å². The molecule has 17 heavy (non-hydrogen) atoms. The van der Waals surface area contributed by atoms with Crippen LogP contribution < -0.4 is 10.6 Å². The summed E-state index contributed by atoms with van der Waals surface area (Å²) in [6.45, 7) is 0.438. The van der Waals surface area contributed by atoms with Crippen molar-refractivity contribution in [3.63, 3.8) is 0 Å². The van der Waals surface area contributed by atoms with Gasteiger partial charge in [-0.15, -0.1) is 0 Å². The molecular weight excluding hydrogens is 218 g/mol. The van der Waals surface area contributed by atoms with Crippen molar-refractivity contribution in [2.75, 3.05) is 12.4 Å². The van der Waals surface area contributed by atoms with Gasteiger partial charge in [-0.1, -0.05) is 0 Å². The molecule has 0 bridgehead atoms. The van der Waals surface area contributed by atoms with Gasteiger partial charge in [0.15, 0.2) is 0 Å². The van der Waals surface area contributed by atoms with Gasteiger partial charge in [-0.25, -0.2) is 4.98 Å². The Morgan fingerprint density at radius 1 is 1.53 bits per heavy atom. The van der Waals surface area contributed by atoms with Crippen molar-refractivity contribution < 1.29 is 4.79 Å². The van der Waals surface area contributed by atoms with Crippen LogP contribution >= 0.6 is 0 Å². The SMILES string of the molecule is CNc1ncccc1C(=O)NCc1cn[nH]c1. The van der Waals surface area contributed by atoms with E-state index in [-0.39, 0.29) is 5.91 Å². The van der Waals surface area contributed by atoms with Crippen molar-refractivity contribution in [3.05, 3.63) is 41.9 Å². The number of hydrogen-bond acceptors (Lipinski definition) is 4. The molecular formula is C11H13N5O. The zero-order valence-electron chi connectivity index (χ0n) is 9.40. The summed E-state index contributed by atoms with van der Waals surface area (Å²) in [5, 5.41) is 12.2. The Labute approximate surface area is 98.5 Å². The van der Waals surface area contributed by atoms with Crippen LogP contribution in [-0.4, -0.2) is 28.1 Å². The molecule has 0 unspecified atom stereocenters. The van der Waals surface area contributed by atoms with Gasteiger partial charge in [0.05, 0.1) is 11.8 Å². The molecule has 0 aliphatic heterocycles. The van der Waals surface area contributed by atoms with E-state index in [9.17, 15) is 4.79 Å². The number of pyridine rings is 1. The zero-order valence-corrected chi connectivity index (χ0v) is 9.40. The quantitative estimate of drug-likeness (QED) is 0.726. The summed E-state index contributed by atoms with van der Waals surface area (Å²) in [6.07, 6.45) is 5.05. The van der Waals surface area contributed by atoms with Crippen LogP contribution in [0.4, 0.5) is 5.82 Å². The molecule has 0 aliphatic rings. The highest BCUT2D eigenvalue weighted by molar-refractivity contribution is 5.98. The lowest BCUT2D eigenvalue weighted by Gasteiger charge is -2.07. The number of rotatable bonds is 4. The summed E-state index contributed by atoms with van der Waals surface area (Å²) in [6, 6.07) is 3.46. The molecule has 0 spiro atoms. The lowest BCUT2D eigenvalue weighted by molar-refractivity contribution is 0.0951. The van der Waals surface area contributed by atoms with Crippen molar-refractivity contribution in [3.8, 4) is 0 Å². The number of hydrogen-bond donors (Lipinski definition) is 3. The van der Waals surface area contributed by atoms with Gasteiger partial charge < -0.3 is 10.6 Å². The fourth-order valence-electron chi connectivity index (χ4n) is 1.44. The highest BCUT2D eigenvalue weighted by Crippen LogP contribution is 2.10. The van der Waals surface area contributed by atoms with Crippen LogP contribution in [0.15, 0.2) is 30.7 Å². The first kappa shape index (κ1) is 11.1. The van der Waals surface area contributed by atoms with Crippen molar-refractivity contribution >= 4 is 11.7 Å². The van der Waals surface area contributed by atoms with Gasteiger partial charge in [0.1, 0.15) is 5.82 Å². The minimum atomic E-state index is -0.163. The molecule has 0 aliphatic carbocycles. The molecule has 3 N–H and O–H groups in total. The Balaban J connectivity index is 2.04. The number of anilines is 1. The van der Waals surface area contributed by atoms with Crippen LogP contribution in [0, 0.1) is 0 Å². The van der Waals surface area contributed by atoms with Crippen molar-refractivity contribution in [1.29, 1.82) is 0 Å². The lowest BCUT2D eigenvalue weighted by Crippen LogP contribution is -2.23. The number of carbonyl (C=O) groups excluding carboxylic acids is 1. The predicted molar refractivity (Wildman–Crippen MR) is 63.5 cm³/mol. The first-order valence-electron chi connectivity index (χ1n) is 5.20. The molecule has 6 nitrogen and oxygen atoms in total. The maximum atomic E-state index is 11.9. The predicted octanol–water partition coefficient (Wildman–Crippen LogP) is 0.776. The second-order valence-electron chi connectivity index (χ2n) is 3.44. The molecule has 2 aromatic heterocycles. The van der Waals surface area contributed by atoms with Gasteiger partial charge in [-0.3, -0.25) is 9.89 Å². The maximum absolute atomic E-state index is 11.9. The number of amides is 1. The maximum Gasteiger partial charge on any atom is 0.255 e. The molecule has 2 rings (SSSR count). The van der Waals surface area contributed by atoms with Crippen LogP contribution in [0.25, 0.3) is 0 Å². The topological polar surface area (TPSA) is 82.7 Å². The van der Waals surface area contributed by atoms with Gasteiger partial charge in [0, 0.05) is 31.5 Å². The lowest BCUT2D eigenvalue weighted by atomic mass is 10.2. The van der Waals surface area contributed by atoms with Crippen molar-refractivity contribution in [2.45, 2.75) is 6.54 Å². The van der Waals surface area contributed by atoms with E-state index in [1.54, 1.807) is 37.8 Å². The van der Waals surface area contributed by atoms with Gasteiger partial charge in [0.2, 0.25) is 0 Å². The minimum absolute atomic E-state index is 0.163. The molecule has 0 atom stereocenters.